The minimum atomic E-state index is -1.85. The Balaban J connectivity index is 3.09. The average Bonchev–Trinajstić information content (AvgIpc) is 2.58. The molecule has 0 bridgehead atoms. The second-order valence-electron chi connectivity index (χ2n) is 10.7. The molecule has 0 aliphatic carbocycles. The zero-order valence-corrected chi connectivity index (χ0v) is 21.6. The second-order valence-corrected chi connectivity index (χ2v) is 15.5. The van der Waals surface area contributed by atoms with Crippen LogP contribution in [0.25, 0.3) is 0 Å². The highest BCUT2D eigenvalue weighted by Crippen LogP contribution is 2.36. The lowest BCUT2D eigenvalue weighted by Gasteiger charge is -2.35. The van der Waals surface area contributed by atoms with E-state index in [1.807, 2.05) is 51.1 Å². The highest BCUT2D eigenvalue weighted by molar-refractivity contribution is 6.74. The molecule has 0 heterocycles. The normalized spacial score (nSPS) is 13.4. The molecule has 4 nitrogen and oxygen atoms in total. The van der Waals surface area contributed by atoms with E-state index in [4.69, 9.17) is 9.16 Å². The topological polar surface area (TPSA) is 38.8 Å². The van der Waals surface area contributed by atoms with Gasteiger partial charge in [-0.15, -0.1) is 0 Å². The molecule has 0 N–H and O–H groups in total. The Hall–Kier alpha value is -1.77. The Bertz CT molecular complexity index is 734. The highest BCUT2D eigenvalue weighted by Gasteiger charge is 2.37. The Morgan fingerprint density at radius 3 is 2.10 bits per heavy atom. The van der Waals surface area contributed by atoms with Crippen LogP contribution < -0.4 is 0 Å². The predicted octanol–water partition coefficient (Wildman–Crippen LogP) is 6.47. The van der Waals surface area contributed by atoms with Crippen molar-refractivity contribution in [1.82, 2.24) is 4.90 Å². The van der Waals surface area contributed by atoms with Crippen molar-refractivity contribution >= 4 is 14.4 Å². The number of hydrogen-bond donors (Lipinski definition) is 0. The summed E-state index contributed by atoms with van der Waals surface area (Å²) < 4.78 is 11.9. The Kier molecular flexibility index (Phi) is 9.19. The first kappa shape index (κ1) is 26.3. The highest BCUT2D eigenvalue weighted by atomic mass is 28.4. The lowest BCUT2D eigenvalue weighted by molar-refractivity contribution is 0.0150. The van der Waals surface area contributed by atoms with Gasteiger partial charge in [0.25, 0.3) is 0 Å². The molecule has 1 aromatic carbocycles. The van der Waals surface area contributed by atoms with Crippen LogP contribution in [0.4, 0.5) is 4.79 Å². The minimum Gasteiger partial charge on any atom is -0.444 e. The maximum Gasteiger partial charge on any atom is 0.411 e. The molecular weight excluding hydrogens is 390 g/mol. The van der Waals surface area contributed by atoms with Gasteiger partial charge in [-0.05, 0) is 50.4 Å². The summed E-state index contributed by atoms with van der Waals surface area (Å²) in [5.41, 5.74) is 0.486. The van der Waals surface area contributed by atoms with Gasteiger partial charge in [0.15, 0.2) is 8.32 Å². The number of rotatable bonds is 6. The van der Waals surface area contributed by atoms with Gasteiger partial charge in [-0.3, -0.25) is 4.90 Å². The molecule has 0 saturated carbocycles. The summed E-state index contributed by atoms with van der Waals surface area (Å²) in [7, 11) is -1.85. The fourth-order valence-electron chi connectivity index (χ4n) is 2.56. The van der Waals surface area contributed by atoms with Gasteiger partial charge in [-0.1, -0.05) is 76.8 Å². The molecular formula is C25H41NO3Si. The van der Waals surface area contributed by atoms with Gasteiger partial charge in [0, 0.05) is 0 Å². The van der Waals surface area contributed by atoms with E-state index in [1.54, 1.807) is 4.90 Å². The molecule has 0 aliphatic rings. The number of benzene rings is 1. The molecule has 0 radical (unpaired) electrons. The monoisotopic (exact) mass is 431 g/mol. The van der Waals surface area contributed by atoms with Crippen molar-refractivity contribution in [2.75, 3.05) is 6.61 Å². The van der Waals surface area contributed by atoms with Crippen molar-refractivity contribution in [1.29, 1.82) is 0 Å². The molecule has 1 rings (SSSR count). The Morgan fingerprint density at radius 2 is 1.63 bits per heavy atom. The van der Waals surface area contributed by atoms with Gasteiger partial charge in [-0.2, -0.15) is 0 Å². The Morgan fingerprint density at radius 1 is 1.07 bits per heavy atom. The largest absolute Gasteiger partial charge is 0.444 e. The van der Waals surface area contributed by atoms with Crippen molar-refractivity contribution in [3.8, 4) is 11.8 Å². The van der Waals surface area contributed by atoms with E-state index in [0.29, 0.717) is 13.2 Å². The molecule has 0 aromatic heterocycles. The number of amides is 1. The quantitative estimate of drug-likeness (QED) is 0.382. The average molecular weight is 432 g/mol. The molecule has 168 valence electrons. The van der Waals surface area contributed by atoms with Crippen LogP contribution >= 0.6 is 0 Å². The smallest absolute Gasteiger partial charge is 0.411 e. The molecule has 1 atom stereocenters. The molecule has 0 aliphatic heterocycles. The summed E-state index contributed by atoms with van der Waals surface area (Å²) >= 11 is 0. The lowest BCUT2D eigenvalue weighted by atomic mass is 10.0. The summed E-state index contributed by atoms with van der Waals surface area (Å²) in [6.45, 7) is 21.7. The zero-order valence-electron chi connectivity index (χ0n) is 20.6. The van der Waals surface area contributed by atoms with Crippen LogP contribution in [0.15, 0.2) is 30.3 Å². The van der Waals surface area contributed by atoms with Crippen LogP contribution in [0.2, 0.25) is 18.1 Å². The van der Waals surface area contributed by atoms with Crippen LogP contribution in [-0.4, -0.2) is 37.6 Å². The van der Waals surface area contributed by atoms with Gasteiger partial charge < -0.3 is 9.16 Å². The van der Waals surface area contributed by atoms with Crippen molar-refractivity contribution < 1.29 is 14.0 Å². The first-order valence-electron chi connectivity index (χ1n) is 10.8. The molecule has 1 unspecified atom stereocenters. The maximum atomic E-state index is 13.0. The van der Waals surface area contributed by atoms with Gasteiger partial charge >= 0.3 is 6.09 Å². The molecule has 5 heteroatoms. The number of carbonyl (C=O) groups is 1. The van der Waals surface area contributed by atoms with E-state index in [2.05, 4.69) is 59.6 Å². The van der Waals surface area contributed by atoms with E-state index in [9.17, 15) is 4.79 Å². The number of nitrogens with zero attached hydrogens (tertiary/aromatic N) is 1. The van der Waals surface area contributed by atoms with E-state index >= 15 is 0 Å². The van der Waals surface area contributed by atoms with Gasteiger partial charge in [0.2, 0.25) is 0 Å². The summed E-state index contributed by atoms with van der Waals surface area (Å²) in [6, 6.07) is 9.70. The van der Waals surface area contributed by atoms with Crippen LogP contribution in [0.5, 0.6) is 0 Å². The third-order valence-corrected chi connectivity index (χ3v) is 9.83. The number of carbonyl (C=O) groups excluding carboxylic acids is 1. The molecule has 0 spiro atoms. The summed E-state index contributed by atoms with van der Waals surface area (Å²) in [6.07, 6.45) is -0.343. The number of hydrogen-bond acceptors (Lipinski definition) is 3. The lowest BCUT2D eigenvalue weighted by Crippen LogP contribution is -2.45. The van der Waals surface area contributed by atoms with Gasteiger partial charge in [-0.25, -0.2) is 4.79 Å². The van der Waals surface area contributed by atoms with E-state index in [-0.39, 0.29) is 23.1 Å². The molecule has 0 saturated heterocycles. The summed E-state index contributed by atoms with van der Waals surface area (Å²) in [5.74, 6) is 6.65. The van der Waals surface area contributed by atoms with Crippen molar-refractivity contribution in [3.05, 3.63) is 35.9 Å². The second kappa shape index (κ2) is 10.5. The summed E-state index contributed by atoms with van der Waals surface area (Å²) in [5, 5.41) is 0.141. The molecule has 1 aromatic rings. The van der Waals surface area contributed by atoms with E-state index in [0.717, 1.165) is 5.56 Å². The first-order valence-corrected chi connectivity index (χ1v) is 13.7. The fourth-order valence-corrected chi connectivity index (χ4v) is 3.43. The molecule has 1 amide bonds. The number of ether oxygens (including phenoxy) is 1. The zero-order chi connectivity index (χ0) is 23.2. The van der Waals surface area contributed by atoms with E-state index < -0.39 is 13.9 Å². The molecule has 30 heavy (non-hydrogen) atoms. The van der Waals surface area contributed by atoms with Crippen molar-refractivity contribution in [2.45, 2.75) is 91.7 Å². The standard InChI is InChI=1S/C25H41NO3Si/c1-20(2)22(17-14-18-28-30(9,10)25(6,7)8)26(23(27)29-24(3,4)5)19-21-15-12-11-13-16-21/h11-13,15-16,20,22H,18-19H2,1-10H3. The third kappa shape index (κ3) is 8.53. The summed E-state index contributed by atoms with van der Waals surface area (Å²) in [4.78, 5) is 14.8. The van der Waals surface area contributed by atoms with Crippen LogP contribution in [0, 0.1) is 17.8 Å². The van der Waals surface area contributed by atoms with Crippen LogP contribution in [0.3, 0.4) is 0 Å². The Labute approximate surface area is 185 Å². The minimum absolute atomic E-state index is 0.141. The maximum absolute atomic E-state index is 13.0. The SMILES string of the molecule is CC(C)C(C#CCO[Si](C)(C)C(C)(C)C)N(Cc1ccccc1)C(=O)OC(C)(C)C. The van der Waals surface area contributed by atoms with Crippen molar-refractivity contribution in [3.63, 3.8) is 0 Å². The van der Waals surface area contributed by atoms with E-state index in [1.165, 1.54) is 0 Å². The van der Waals surface area contributed by atoms with Gasteiger partial charge in [0.05, 0.1) is 19.2 Å². The van der Waals surface area contributed by atoms with Crippen LogP contribution in [-0.2, 0) is 15.7 Å². The third-order valence-electron chi connectivity index (χ3n) is 5.35. The van der Waals surface area contributed by atoms with Gasteiger partial charge in [0.1, 0.15) is 5.60 Å². The molecule has 0 fully saturated rings. The fraction of sp³-hybridized carbons (Fsp3) is 0.640. The first-order chi connectivity index (χ1) is 13.6. The van der Waals surface area contributed by atoms with Crippen LogP contribution in [0.1, 0.15) is 61.0 Å². The van der Waals surface area contributed by atoms with Crippen molar-refractivity contribution in [2.24, 2.45) is 5.92 Å². The predicted molar refractivity (Wildman–Crippen MR) is 128 cm³/mol.